The van der Waals surface area contributed by atoms with Gasteiger partial charge in [-0.05, 0) is 25.0 Å². The average Bonchev–Trinajstić information content (AvgIpc) is 2.84. The standard InChI is InChI=1S/C13H12ClFN2O3/c14-10-4-3-9(6-11(10)15)17-7-8(2-1-5-18)12(16-17)13(19)20/h3-4,6-7,18H,1-2,5H2,(H,19,20). The molecule has 2 N–H and O–H groups in total. The molecule has 1 heterocycles. The Morgan fingerprint density at radius 1 is 1.45 bits per heavy atom. The van der Waals surface area contributed by atoms with E-state index in [1.807, 2.05) is 0 Å². The fourth-order valence-corrected chi connectivity index (χ4v) is 1.92. The van der Waals surface area contributed by atoms with E-state index in [1.165, 1.54) is 23.0 Å². The van der Waals surface area contributed by atoms with Gasteiger partial charge in [0, 0.05) is 24.4 Å². The van der Waals surface area contributed by atoms with Crippen LogP contribution >= 0.6 is 11.6 Å². The van der Waals surface area contributed by atoms with Crippen molar-refractivity contribution in [1.29, 1.82) is 0 Å². The van der Waals surface area contributed by atoms with Crippen LogP contribution in [0, 0.1) is 5.82 Å². The number of carboxylic acids is 1. The van der Waals surface area contributed by atoms with Crippen LogP contribution in [0.25, 0.3) is 5.69 Å². The number of aromatic carboxylic acids is 1. The quantitative estimate of drug-likeness (QED) is 0.888. The third-order valence-electron chi connectivity index (χ3n) is 2.76. The number of rotatable bonds is 5. The molecular formula is C13H12ClFN2O3. The fraction of sp³-hybridized carbons (Fsp3) is 0.231. The summed E-state index contributed by atoms with van der Waals surface area (Å²) in [4.78, 5) is 11.1. The van der Waals surface area contributed by atoms with Crippen LogP contribution in [0.5, 0.6) is 0 Å². The maximum absolute atomic E-state index is 13.4. The van der Waals surface area contributed by atoms with Gasteiger partial charge in [0.25, 0.3) is 0 Å². The Morgan fingerprint density at radius 2 is 2.20 bits per heavy atom. The number of carboxylic acid groups (broad SMARTS) is 1. The van der Waals surface area contributed by atoms with Crippen LogP contribution in [-0.4, -0.2) is 32.6 Å². The van der Waals surface area contributed by atoms with Gasteiger partial charge in [-0.25, -0.2) is 13.9 Å². The van der Waals surface area contributed by atoms with Crippen LogP contribution in [0.2, 0.25) is 5.02 Å². The van der Waals surface area contributed by atoms with Crippen molar-refractivity contribution in [3.8, 4) is 5.69 Å². The van der Waals surface area contributed by atoms with E-state index >= 15 is 0 Å². The summed E-state index contributed by atoms with van der Waals surface area (Å²) in [6.07, 6.45) is 2.33. The van der Waals surface area contributed by atoms with Crippen molar-refractivity contribution < 1.29 is 19.4 Å². The van der Waals surface area contributed by atoms with Crippen molar-refractivity contribution in [1.82, 2.24) is 9.78 Å². The minimum atomic E-state index is -1.16. The van der Waals surface area contributed by atoms with E-state index in [1.54, 1.807) is 6.07 Å². The van der Waals surface area contributed by atoms with Gasteiger partial charge in [0.2, 0.25) is 0 Å². The van der Waals surface area contributed by atoms with Crippen LogP contribution in [0.3, 0.4) is 0 Å². The third-order valence-corrected chi connectivity index (χ3v) is 3.07. The predicted octanol–water partition coefficient (Wildman–Crippen LogP) is 2.29. The predicted molar refractivity (Wildman–Crippen MR) is 70.9 cm³/mol. The Hall–Kier alpha value is -1.92. The number of halogens is 2. The number of hydrogen-bond donors (Lipinski definition) is 2. The first-order valence-corrected chi connectivity index (χ1v) is 6.29. The zero-order valence-corrected chi connectivity index (χ0v) is 11.1. The normalized spacial score (nSPS) is 10.8. The number of carbonyl (C=O) groups is 1. The second kappa shape index (κ2) is 6.02. The Labute approximate surface area is 119 Å². The molecule has 0 aliphatic carbocycles. The molecule has 1 aromatic carbocycles. The molecule has 0 spiro atoms. The summed E-state index contributed by atoms with van der Waals surface area (Å²) in [5, 5.41) is 21.8. The molecule has 20 heavy (non-hydrogen) atoms. The van der Waals surface area contributed by atoms with E-state index in [4.69, 9.17) is 21.8 Å². The summed E-state index contributed by atoms with van der Waals surface area (Å²) >= 11 is 5.60. The Balaban J connectivity index is 2.41. The zero-order valence-electron chi connectivity index (χ0n) is 10.4. The molecule has 106 valence electrons. The van der Waals surface area contributed by atoms with Gasteiger partial charge >= 0.3 is 5.97 Å². The molecule has 0 aliphatic heterocycles. The van der Waals surface area contributed by atoms with Crippen molar-refractivity contribution in [2.45, 2.75) is 12.8 Å². The first kappa shape index (κ1) is 14.5. The van der Waals surface area contributed by atoms with Gasteiger partial charge in [-0.3, -0.25) is 0 Å². The van der Waals surface area contributed by atoms with Gasteiger partial charge < -0.3 is 10.2 Å². The fourth-order valence-electron chi connectivity index (χ4n) is 1.80. The first-order valence-electron chi connectivity index (χ1n) is 5.91. The largest absolute Gasteiger partial charge is 0.476 e. The molecule has 5 nitrogen and oxygen atoms in total. The van der Waals surface area contributed by atoms with E-state index in [-0.39, 0.29) is 17.3 Å². The van der Waals surface area contributed by atoms with Crippen LogP contribution < -0.4 is 0 Å². The highest BCUT2D eigenvalue weighted by Gasteiger charge is 2.16. The second-order valence-corrected chi connectivity index (χ2v) is 4.59. The van der Waals surface area contributed by atoms with Crippen LogP contribution in [0.15, 0.2) is 24.4 Å². The van der Waals surface area contributed by atoms with E-state index in [9.17, 15) is 9.18 Å². The number of aryl methyl sites for hydroxylation is 1. The number of aliphatic hydroxyl groups excluding tert-OH is 1. The minimum Gasteiger partial charge on any atom is -0.476 e. The molecule has 1 aromatic heterocycles. The average molecular weight is 299 g/mol. The summed E-state index contributed by atoms with van der Waals surface area (Å²) in [6.45, 7) is -0.0419. The number of nitrogens with zero attached hydrogens (tertiary/aromatic N) is 2. The van der Waals surface area contributed by atoms with Crippen molar-refractivity contribution in [3.63, 3.8) is 0 Å². The molecule has 2 aromatic rings. The Bertz CT molecular complexity index is 643. The third kappa shape index (κ3) is 2.97. The molecule has 0 unspecified atom stereocenters. The first-order chi connectivity index (χ1) is 9.52. The molecule has 0 atom stereocenters. The number of aromatic nitrogens is 2. The summed E-state index contributed by atoms with van der Waals surface area (Å²) < 4.78 is 14.7. The van der Waals surface area contributed by atoms with E-state index < -0.39 is 11.8 Å². The van der Waals surface area contributed by atoms with Crippen molar-refractivity contribution in [3.05, 3.63) is 46.5 Å². The summed E-state index contributed by atoms with van der Waals surface area (Å²) in [6, 6.07) is 4.10. The summed E-state index contributed by atoms with van der Waals surface area (Å²) in [7, 11) is 0. The molecule has 0 bridgehead atoms. The highest BCUT2D eigenvalue weighted by atomic mass is 35.5. The second-order valence-electron chi connectivity index (χ2n) is 4.18. The number of hydrogen-bond acceptors (Lipinski definition) is 3. The Morgan fingerprint density at radius 3 is 2.80 bits per heavy atom. The number of aliphatic hydroxyl groups is 1. The molecule has 0 amide bonds. The van der Waals surface area contributed by atoms with Crippen LogP contribution in [0.4, 0.5) is 4.39 Å². The highest BCUT2D eigenvalue weighted by molar-refractivity contribution is 6.30. The van der Waals surface area contributed by atoms with Gasteiger partial charge in [-0.1, -0.05) is 11.6 Å². The van der Waals surface area contributed by atoms with E-state index in [0.717, 1.165) is 0 Å². The highest BCUT2D eigenvalue weighted by Crippen LogP contribution is 2.19. The smallest absolute Gasteiger partial charge is 0.356 e. The van der Waals surface area contributed by atoms with Gasteiger partial charge in [0.15, 0.2) is 5.69 Å². The van der Waals surface area contributed by atoms with Crippen molar-refractivity contribution in [2.75, 3.05) is 6.61 Å². The van der Waals surface area contributed by atoms with E-state index in [2.05, 4.69) is 5.10 Å². The maximum Gasteiger partial charge on any atom is 0.356 e. The van der Waals surface area contributed by atoms with Crippen LogP contribution in [-0.2, 0) is 6.42 Å². The lowest BCUT2D eigenvalue weighted by molar-refractivity contribution is 0.0688. The molecule has 0 saturated carbocycles. The lowest BCUT2D eigenvalue weighted by Gasteiger charge is -2.01. The summed E-state index contributed by atoms with van der Waals surface area (Å²) in [5.41, 5.74) is 0.764. The van der Waals surface area contributed by atoms with Crippen molar-refractivity contribution in [2.24, 2.45) is 0 Å². The molecular weight excluding hydrogens is 287 g/mol. The molecule has 0 fully saturated rings. The lowest BCUT2D eigenvalue weighted by atomic mass is 10.1. The SMILES string of the molecule is O=C(O)c1nn(-c2ccc(Cl)c(F)c2)cc1CCCO. The number of benzene rings is 1. The van der Waals surface area contributed by atoms with Gasteiger partial charge in [-0.2, -0.15) is 5.10 Å². The molecule has 7 heteroatoms. The van der Waals surface area contributed by atoms with E-state index in [0.29, 0.717) is 24.1 Å². The van der Waals surface area contributed by atoms with Gasteiger partial charge in [0.05, 0.1) is 10.7 Å². The Kier molecular flexibility index (Phi) is 4.36. The molecule has 0 radical (unpaired) electrons. The van der Waals surface area contributed by atoms with Gasteiger partial charge in [-0.15, -0.1) is 0 Å². The topological polar surface area (TPSA) is 75.3 Å². The summed E-state index contributed by atoms with van der Waals surface area (Å²) in [5.74, 6) is -1.76. The van der Waals surface area contributed by atoms with Crippen LogP contribution in [0.1, 0.15) is 22.5 Å². The maximum atomic E-state index is 13.4. The minimum absolute atomic E-state index is 0.0140. The monoisotopic (exact) mass is 298 g/mol. The zero-order chi connectivity index (χ0) is 14.7. The molecule has 0 saturated heterocycles. The lowest BCUT2D eigenvalue weighted by Crippen LogP contribution is -2.03. The van der Waals surface area contributed by atoms with Crippen molar-refractivity contribution >= 4 is 17.6 Å². The molecule has 2 rings (SSSR count). The molecule has 0 aliphatic rings. The van der Waals surface area contributed by atoms with Gasteiger partial charge in [0.1, 0.15) is 5.82 Å².